The molecule has 0 saturated carbocycles. The average molecular weight is 517 g/mol. The van der Waals surface area contributed by atoms with E-state index in [9.17, 15) is 4.79 Å². The second kappa shape index (κ2) is 12.3. The van der Waals surface area contributed by atoms with Crippen molar-refractivity contribution in [2.24, 2.45) is 0 Å². The fraction of sp³-hybridized carbons (Fsp3) is 0.320. The predicted molar refractivity (Wildman–Crippen MR) is 143 cm³/mol. The maximum absolute atomic E-state index is 12.6. The van der Waals surface area contributed by atoms with Crippen molar-refractivity contribution in [3.8, 4) is 22.5 Å². The van der Waals surface area contributed by atoms with Crippen LogP contribution in [0.2, 0.25) is 0 Å². The van der Waals surface area contributed by atoms with Gasteiger partial charge in [0.25, 0.3) is 5.56 Å². The largest absolute Gasteiger partial charge is 0.395 e. The molecule has 4 heterocycles. The molecule has 4 aromatic rings. The second-order valence-electron chi connectivity index (χ2n) is 8.31. The molecule has 0 amide bonds. The Morgan fingerprint density at radius 2 is 1.46 bits per heavy atom. The number of β-amino-alcohol motifs (C(OH)–C–C–N with tert-alkyl or cyclic N) is 1. The summed E-state index contributed by atoms with van der Waals surface area (Å²) in [7, 11) is 0. The Bertz CT molecular complexity index is 1290. The van der Waals surface area contributed by atoms with E-state index < -0.39 is 0 Å². The van der Waals surface area contributed by atoms with E-state index >= 15 is 0 Å². The lowest BCUT2D eigenvalue weighted by molar-refractivity contribution is 0.109. The molecule has 186 valence electrons. The van der Waals surface area contributed by atoms with E-state index in [0.29, 0.717) is 6.54 Å². The van der Waals surface area contributed by atoms with E-state index in [1.165, 1.54) is 0 Å². The van der Waals surface area contributed by atoms with Crippen LogP contribution in [-0.4, -0.2) is 80.2 Å². The fourth-order valence-corrected chi connectivity index (χ4v) is 4.41. The Hall–Kier alpha value is -2.75. The van der Waals surface area contributed by atoms with Crippen LogP contribution in [0.25, 0.3) is 28.0 Å². The molecule has 0 bridgehead atoms. The van der Waals surface area contributed by atoms with E-state index in [-0.39, 0.29) is 37.0 Å². The first kappa shape index (κ1) is 26.8. The zero-order valence-electron chi connectivity index (χ0n) is 19.4. The zero-order valence-corrected chi connectivity index (χ0v) is 21.0. The molecule has 1 fully saturated rings. The van der Waals surface area contributed by atoms with Gasteiger partial charge in [0.15, 0.2) is 0 Å². The highest BCUT2D eigenvalue weighted by molar-refractivity contribution is 5.90. The number of fused-ring (bicyclic) bond motifs is 1. The summed E-state index contributed by atoms with van der Waals surface area (Å²) in [5.74, 6) is 0. The number of hydrogen-bond acceptors (Lipinski definition) is 6. The van der Waals surface area contributed by atoms with Crippen LogP contribution in [0, 0.1) is 0 Å². The van der Waals surface area contributed by atoms with Crippen molar-refractivity contribution >= 4 is 30.3 Å². The normalized spacial score (nSPS) is 14.4. The van der Waals surface area contributed by atoms with Crippen molar-refractivity contribution < 1.29 is 5.11 Å². The Labute approximate surface area is 216 Å². The lowest BCUT2D eigenvalue weighted by Gasteiger charge is -2.34. The van der Waals surface area contributed by atoms with Gasteiger partial charge in [-0.3, -0.25) is 14.6 Å². The predicted octanol–water partition coefficient (Wildman–Crippen LogP) is 2.68. The van der Waals surface area contributed by atoms with Crippen LogP contribution in [0.15, 0.2) is 71.7 Å². The summed E-state index contributed by atoms with van der Waals surface area (Å²) in [6, 6.07) is 19.4. The van der Waals surface area contributed by atoms with Crippen molar-refractivity contribution in [1.29, 1.82) is 0 Å². The number of pyridine rings is 1. The number of aromatic nitrogens is 4. The van der Waals surface area contributed by atoms with Crippen LogP contribution in [0.1, 0.15) is 0 Å². The van der Waals surface area contributed by atoms with Crippen LogP contribution in [0.5, 0.6) is 0 Å². The van der Waals surface area contributed by atoms with Crippen molar-refractivity contribution in [2.45, 2.75) is 6.54 Å². The molecule has 0 atom stereocenters. The highest BCUT2D eigenvalue weighted by Crippen LogP contribution is 2.33. The quantitative estimate of drug-likeness (QED) is 0.406. The molecule has 8 nitrogen and oxygen atoms in total. The molecule has 1 N–H and O–H groups in total. The van der Waals surface area contributed by atoms with E-state index in [1.54, 1.807) is 16.8 Å². The third kappa shape index (κ3) is 5.91. The van der Waals surface area contributed by atoms with Gasteiger partial charge in [-0.15, -0.1) is 24.8 Å². The number of hydrogen-bond donors (Lipinski definition) is 1. The van der Waals surface area contributed by atoms with Crippen LogP contribution >= 0.6 is 24.8 Å². The first-order valence-electron chi connectivity index (χ1n) is 11.4. The number of aliphatic hydroxyl groups excluding tert-OH is 1. The number of halogens is 2. The van der Waals surface area contributed by atoms with Gasteiger partial charge in [-0.1, -0.05) is 36.4 Å². The molecule has 3 aromatic heterocycles. The molecule has 10 heteroatoms. The topological polar surface area (TPSA) is 78.9 Å². The average Bonchev–Trinajstić information content (AvgIpc) is 3.25. The molecule has 0 spiro atoms. The second-order valence-corrected chi connectivity index (χ2v) is 8.31. The SMILES string of the molecule is Cl.Cl.O=c1ccc(-c2c(-c3ccccc3)nn3ccccc23)nn1CCN1CCN(CCO)CC1. The van der Waals surface area contributed by atoms with Crippen molar-refractivity contribution in [2.75, 3.05) is 45.9 Å². The summed E-state index contributed by atoms with van der Waals surface area (Å²) in [6.45, 7) is 5.95. The van der Waals surface area contributed by atoms with E-state index in [1.807, 2.05) is 59.2 Å². The molecule has 5 rings (SSSR count). The number of aliphatic hydroxyl groups is 1. The number of nitrogens with zero attached hydrogens (tertiary/aromatic N) is 6. The van der Waals surface area contributed by atoms with Crippen molar-refractivity contribution in [1.82, 2.24) is 29.2 Å². The van der Waals surface area contributed by atoms with Crippen LogP contribution < -0.4 is 5.56 Å². The van der Waals surface area contributed by atoms with Crippen molar-refractivity contribution in [3.63, 3.8) is 0 Å². The molecule has 0 radical (unpaired) electrons. The molecule has 0 aliphatic carbocycles. The smallest absolute Gasteiger partial charge is 0.266 e. The number of piperazine rings is 1. The van der Waals surface area contributed by atoms with Crippen LogP contribution in [0.3, 0.4) is 0 Å². The lowest BCUT2D eigenvalue weighted by atomic mass is 10.0. The lowest BCUT2D eigenvalue weighted by Crippen LogP contribution is -2.48. The molecule has 1 aliphatic rings. The van der Waals surface area contributed by atoms with Gasteiger partial charge in [-0.05, 0) is 18.2 Å². The Kier molecular flexibility index (Phi) is 9.42. The van der Waals surface area contributed by atoms with Gasteiger partial charge in [0.1, 0.15) is 5.69 Å². The molecular formula is C25H30Cl2N6O2. The maximum atomic E-state index is 12.6. The third-order valence-corrected chi connectivity index (χ3v) is 6.22. The summed E-state index contributed by atoms with van der Waals surface area (Å²) in [4.78, 5) is 17.2. The van der Waals surface area contributed by atoms with E-state index in [2.05, 4.69) is 9.80 Å². The summed E-state index contributed by atoms with van der Waals surface area (Å²) in [6.07, 6.45) is 1.93. The summed E-state index contributed by atoms with van der Waals surface area (Å²) < 4.78 is 3.43. The highest BCUT2D eigenvalue weighted by Gasteiger charge is 2.19. The summed E-state index contributed by atoms with van der Waals surface area (Å²) in [5.41, 5.74) is 4.37. The molecular weight excluding hydrogens is 487 g/mol. The van der Waals surface area contributed by atoms with Gasteiger partial charge >= 0.3 is 0 Å². The monoisotopic (exact) mass is 516 g/mol. The minimum absolute atomic E-state index is 0. The third-order valence-electron chi connectivity index (χ3n) is 6.22. The molecule has 1 aromatic carbocycles. The summed E-state index contributed by atoms with van der Waals surface area (Å²) >= 11 is 0. The molecule has 1 saturated heterocycles. The van der Waals surface area contributed by atoms with E-state index in [0.717, 1.165) is 67.3 Å². The van der Waals surface area contributed by atoms with Gasteiger partial charge in [-0.2, -0.15) is 10.2 Å². The van der Waals surface area contributed by atoms with Gasteiger partial charge in [0.2, 0.25) is 0 Å². The Morgan fingerprint density at radius 1 is 0.771 bits per heavy atom. The highest BCUT2D eigenvalue weighted by atomic mass is 35.5. The minimum Gasteiger partial charge on any atom is -0.395 e. The maximum Gasteiger partial charge on any atom is 0.266 e. The molecule has 1 aliphatic heterocycles. The number of benzene rings is 1. The van der Waals surface area contributed by atoms with Gasteiger partial charge in [-0.25, -0.2) is 9.20 Å². The van der Waals surface area contributed by atoms with Crippen molar-refractivity contribution in [3.05, 3.63) is 77.2 Å². The minimum atomic E-state index is -0.101. The van der Waals surface area contributed by atoms with Crippen LogP contribution in [-0.2, 0) is 6.54 Å². The van der Waals surface area contributed by atoms with Gasteiger partial charge < -0.3 is 5.11 Å². The fourth-order valence-electron chi connectivity index (χ4n) is 4.41. The van der Waals surface area contributed by atoms with Crippen LogP contribution in [0.4, 0.5) is 0 Å². The first-order valence-corrected chi connectivity index (χ1v) is 11.4. The first-order chi connectivity index (χ1) is 16.2. The van der Waals surface area contributed by atoms with Gasteiger partial charge in [0, 0.05) is 57.1 Å². The number of rotatable bonds is 7. The van der Waals surface area contributed by atoms with Gasteiger partial charge in [0.05, 0.1) is 29.9 Å². The Balaban J connectivity index is 0.00000171. The standard InChI is InChI=1S/C25H28N6O2.2ClH/c32-19-18-29-14-12-28(13-15-29)16-17-31-23(33)10-9-21(26-31)24-22-8-4-5-11-30(22)27-25(24)20-6-2-1-3-7-20;;/h1-11,32H,12-19H2;2*1H. The zero-order chi connectivity index (χ0) is 22.6. The molecule has 0 unspecified atom stereocenters. The summed E-state index contributed by atoms with van der Waals surface area (Å²) in [5, 5.41) is 18.7. The molecule has 35 heavy (non-hydrogen) atoms. The Morgan fingerprint density at radius 3 is 2.17 bits per heavy atom. The van der Waals surface area contributed by atoms with E-state index in [4.69, 9.17) is 15.3 Å².